The number of thiazole rings is 2. The molecule has 0 saturated carbocycles. The molecular weight excluding hydrogens is 469 g/mol. The van der Waals surface area contributed by atoms with Gasteiger partial charge in [-0.2, -0.15) is 0 Å². The van der Waals surface area contributed by atoms with Crippen LogP contribution in [0.4, 0.5) is 10.8 Å². The molecule has 6 nitrogen and oxygen atoms in total. The highest BCUT2D eigenvalue weighted by atomic mass is 32.2. The van der Waals surface area contributed by atoms with Crippen molar-refractivity contribution in [3.05, 3.63) is 68.8 Å². The van der Waals surface area contributed by atoms with E-state index < -0.39 is 0 Å². The fourth-order valence-corrected chi connectivity index (χ4v) is 5.88. The van der Waals surface area contributed by atoms with Crippen LogP contribution in [0.3, 0.4) is 0 Å². The summed E-state index contributed by atoms with van der Waals surface area (Å²) < 4.78 is 0.996. The van der Waals surface area contributed by atoms with Gasteiger partial charge in [-0.15, -0.1) is 34.0 Å². The molecule has 0 bridgehead atoms. The highest BCUT2D eigenvalue weighted by molar-refractivity contribution is 8.01. The maximum Gasteiger partial charge on any atom is 0.231 e. The predicted octanol–water partition coefficient (Wildman–Crippen LogP) is 5.48. The van der Waals surface area contributed by atoms with Crippen molar-refractivity contribution in [2.75, 3.05) is 10.6 Å². The first-order chi connectivity index (χ1) is 15.0. The van der Waals surface area contributed by atoms with Crippen LogP contribution in [0.1, 0.15) is 16.3 Å². The van der Waals surface area contributed by atoms with Crippen LogP contribution in [-0.2, 0) is 22.4 Å². The predicted molar refractivity (Wildman–Crippen MR) is 129 cm³/mol. The first-order valence-corrected chi connectivity index (χ1v) is 12.8. The molecule has 31 heavy (non-hydrogen) atoms. The summed E-state index contributed by atoms with van der Waals surface area (Å²) in [5.74, 6) is -0.267. The number of aromatic nitrogens is 2. The molecular formula is C21H18N4O2S4. The second-order valence-electron chi connectivity index (χ2n) is 6.55. The number of nitrogens with one attached hydrogen (secondary N) is 2. The lowest BCUT2D eigenvalue weighted by atomic mass is 10.3. The van der Waals surface area contributed by atoms with Gasteiger partial charge in [0.1, 0.15) is 0 Å². The van der Waals surface area contributed by atoms with Crippen LogP contribution in [-0.4, -0.2) is 21.8 Å². The number of amides is 2. The number of anilines is 2. The molecule has 0 aliphatic carbocycles. The van der Waals surface area contributed by atoms with E-state index in [1.165, 1.54) is 11.3 Å². The smallest absolute Gasteiger partial charge is 0.231 e. The van der Waals surface area contributed by atoms with E-state index in [-0.39, 0.29) is 18.2 Å². The minimum absolute atomic E-state index is 0.112. The van der Waals surface area contributed by atoms with Crippen LogP contribution >= 0.6 is 45.8 Å². The topological polar surface area (TPSA) is 84.0 Å². The summed E-state index contributed by atoms with van der Waals surface area (Å²) in [5.41, 5.74) is 2.37. The maximum atomic E-state index is 12.4. The number of rotatable bonds is 8. The normalized spacial score (nSPS) is 10.7. The number of aryl methyl sites for hydroxylation is 1. The Morgan fingerprint density at radius 1 is 0.935 bits per heavy atom. The van der Waals surface area contributed by atoms with Crippen molar-refractivity contribution >= 4 is 68.4 Å². The van der Waals surface area contributed by atoms with Gasteiger partial charge in [0.05, 0.1) is 18.5 Å². The standard InChI is InChI=1S/C21H18N4O2S4/c1-13-11-30-21(22-13)31-16-6-4-14(5-7-16)23-18(26)9-15-12-29-20(24-15)25-19(27)10-17-3-2-8-28-17/h2-8,11-12H,9-10H2,1H3,(H,23,26)(H,24,25,27). The quantitative estimate of drug-likeness (QED) is 0.344. The average Bonchev–Trinajstić information content (AvgIpc) is 3.47. The van der Waals surface area contributed by atoms with Crippen LogP contribution in [0.5, 0.6) is 0 Å². The van der Waals surface area contributed by atoms with E-state index in [9.17, 15) is 9.59 Å². The first kappa shape index (κ1) is 21.7. The molecule has 2 amide bonds. The molecule has 0 spiro atoms. The molecule has 0 unspecified atom stereocenters. The van der Waals surface area contributed by atoms with Gasteiger partial charge in [0, 0.05) is 31.9 Å². The molecule has 4 aromatic rings. The number of hydrogen-bond acceptors (Lipinski definition) is 8. The molecule has 0 aliphatic rings. The van der Waals surface area contributed by atoms with E-state index in [2.05, 4.69) is 20.6 Å². The van der Waals surface area contributed by atoms with Crippen molar-refractivity contribution in [1.82, 2.24) is 9.97 Å². The van der Waals surface area contributed by atoms with E-state index in [0.29, 0.717) is 17.2 Å². The SMILES string of the molecule is Cc1csc(Sc2ccc(NC(=O)Cc3csc(NC(=O)Cc4cccs4)n3)cc2)n1. The summed E-state index contributed by atoms with van der Waals surface area (Å²) >= 11 is 6.08. The Morgan fingerprint density at radius 2 is 1.74 bits per heavy atom. The Labute approximate surface area is 195 Å². The molecule has 0 atom stereocenters. The third-order valence-corrected chi connectivity index (χ3v) is 7.74. The number of carbonyl (C=O) groups is 2. The Morgan fingerprint density at radius 3 is 2.45 bits per heavy atom. The zero-order chi connectivity index (χ0) is 21.6. The highest BCUT2D eigenvalue weighted by Gasteiger charge is 2.11. The minimum Gasteiger partial charge on any atom is -0.326 e. The molecule has 10 heteroatoms. The molecule has 4 rings (SSSR count). The number of nitrogens with zero attached hydrogens (tertiary/aromatic N) is 2. The number of benzene rings is 1. The average molecular weight is 487 g/mol. The van der Waals surface area contributed by atoms with Gasteiger partial charge in [-0.05, 0) is 42.6 Å². The van der Waals surface area contributed by atoms with Crippen molar-refractivity contribution in [3.8, 4) is 0 Å². The first-order valence-electron chi connectivity index (χ1n) is 9.30. The number of thiophene rings is 1. The molecule has 3 heterocycles. The summed E-state index contributed by atoms with van der Waals surface area (Å²) in [5, 5.41) is 11.9. The van der Waals surface area contributed by atoms with E-state index in [1.54, 1.807) is 39.8 Å². The van der Waals surface area contributed by atoms with Crippen LogP contribution in [0.15, 0.2) is 61.8 Å². The highest BCUT2D eigenvalue weighted by Crippen LogP contribution is 2.30. The zero-order valence-corrected chi connectivity index (χ0v) is 19.7. The molecule has 2 N–H and O–H groups in total. The molecule has 3 aromatic heterocycles. The van der Waals surface area contributed by atoms with E-state index in [1.807, 2.05) is 54.1 Å². The van der Waals surface area contributed by atoms with Gasteiger partial charge < -0.3 is 10.6 Å². The van der Waals surface area contributed by atoms with Crippen LogP contribution in [0, 0.1) is 6.92 Å². The lowest BCUT2D eigenvalue weighted by Crippen LogP contribution is -2.15. The molecule has 0 fully saturated rings. The van der Waals surface area contributed by atoms with E-state index in [4.69, 9.17) is 0 Å². The third kappa shape index (κ3) is 6.47. The Kier molecular flexibility index (Phi) is 7.13. The Balaban J connectivity index is 1.26. The van der Waals surface area contributed by atoms with Gasteiger partial charge in [-0.1, -0.05) is 17.8 Å². The summed E-state index contributed by atoms with van der Waals surface area (Å²) in [4.78, 5) is 35.3. The van der Waals surface area contributed by atoms with Gasteiger partial charge in [-0.3, -0.25) is 9.59 Å². The van der Waals surface area contributed by atoms with Gasteiger partial charge in [-0.25, -0.2) is 9.97 Å². The second kappa shape index (κ2) is 10.2. The Bertz CT molecular complexity index is 1170. The fraction of sp³-hybridized carbons (Fsp3) is 0.143. The fourth-order valence-electron chi connectivity index (χ4n) is 2.64. The van der Waals surface area contributed by atoms with Crippen molar-refractivity contribution in [1.29, 1.82) is 0 Å². The van der Waals surface area contributed by atoms with Crippen molar-refractivity contribution < 1.29 is 9.59 Å². The third-order valence-electron chi connectivity index (χ3n) is 4.00. The van der Waals surface area contributed by atoms with Crippen LogP contribution in [0.25, 0.3) is 0 Å². The summed E-state index contributed by atoms with van der Waals surface area (Å²) in [6, 6.07) is 11.5. The second-order valence-corrected chi connectivity index (χ2v) is 10.6. The summed E-state index contributed by atoms with van der Waals surface area (Å²) in [6.45, 7) is 1.98. The Hall–Kier alpha value is -2.53. The lowest BCUT2D eigenvalue weighted by molar-refractivity contribution is -0.116. The molecule has 0 saturated heterocycles. The van der Waals surface area contributed by atoms with E-state index >= 15 is 0 Å². The van der Waals surface area contributed by atoms with E-state index in [0.717, 1.165) is 25.5 Å². The summed E-state index contributed by atoms with van der Waals surface area (Å²) in [7, 11) is 0. The monoisotopic (exact) mass is 486 g/mol. The summed E-state index contributed by atoms with van der Waals surface area (Å²) in [6.07, 6.45) is 0.468. The van der Waals surface area contributed by atoms with Crippen LogP contribution < -0.4 is 10.6 Å². The molecule has 0 aliphatic heterocycles. The zero-order valence-electron chi connectivity index (χ0n) is 16.5. The van der Waals surface area contributed by atoms with Crippen molar-refractivity contribution in [2.45, 2.75) is 29.0 Å². The van der Waals surface area contributed by atoms with Gasteiger partial charge in [0.25, 0.3) is 0 Å². The number of carbonyl (C=O) groups excluding carboxylic acids is 2. The van der Waals surface area contributed by atoms with Gasteiger partial charge in [0.15, 0.2) is 9.47 Å². The van der Waals surface area contributed by atoms with Gasteiger partial charge in [0.2, 0.25) is 11.8 Å². The van der Waals surface area contributed by atoms with Crippen molar-refractivity contribution in [2.24, 2.45) is 0 Å². The molecule has 158 valence electrons. The van der Waals surface area contributed by atoms with Crippen LogP contribution in [0.2, 0.25) is 0 Å². The van der Waals surface area contributed by atoms with Crippen molar-refractivity contribution in [3.63, 3.8) is 0 Å². The molecule has 0 radical (unpaired) electrons. The number of hydrogen-bond donors (Lipinski definition) is 2. The maximum absolute atomic E-state index is 12.4. The largest absolute Gasteiger partial charge is 0.326 e. The minimum atomic E-state index is -0.155. The lowest BCUT2D eigenvalue weighted by Gasteiger charge is -2.05. The van der Waals surface area contributed by atoms with Gasteiger partial charge >= 0.3 is 0 Å². The molecule has 1 aromatic carbocycles.